The second kappa shape index (κ2) is 6.90. The molecule has 4 heteroatoms. The molecule has 3 fully saturated rings. The van der Waals surface area contributed by atoms with Gasteiger partial charge in [0.25, 0.3) is 0 Å². The van der Waals surface area contributed by atoms with Gasteiger partial charge < -0.3 is 15.1 Å². The molecule has 0 aromatic carbocycles. The molecule has 0 spiro atoms. The van der Waals surface area contributed by atoms with Crippen molar-refractivity contribution >= 4 is 5.91 Å². The van der Waals surface area contributed by atoms with Gasteiger partial charge in [-0.25, -0.2) is 0 Å². The highest BCUT2D eigenvalue weighted by Crippen LogP contribution is 2.23. The van der Waals surface area contributed by atoms with E-state index in [9.17, 15) is 4.79 Å². The van der Waals surface area contributed by atoms with E-state index in [2.05, 4.69) is 15.1 Å². The molecule has 3 rings (SSSR count). The number of amides is 1. The number of carbonyl (C=O) groups excluding carboxylic acids is 1. The number of piperidine rings is 1. The van der Waals surface area contributed by atoms with Crippen molar-refractivity contribution in [2.45, 2.75) is 51.0 Å². The molecular formula is C16H29N3O. The second-order valence-corrected chi connectivity index (χ2v) is 6.70. The minimum atomic E-state index is 0.243. The van der Waals surface area contributed by atoms with Crippen LogP contribution in [-0.4, -0.2) is 61.0 Å². The van der Waals surface area contributed by atoms with Crippen LogP contribution in [0.2, 0.25) is 0 Å². The molecule has 1 N–H and O–H groups in total. The third kappa shape index (κ3) is 3.34. The number of nitrogens with one attached hydrogen (secondary N) is 1. The maximum atomic E-state index is 12.6. The normalized spacial score (nSPS) is 33.1. The summed E-state index contributed by atoms with van der Waals surface area (Å²) in [5.41, 5.74) is 0. The van der Waals surface area contributed by atoms with Crippen LogP contribution < -0.4 is 5.32 Å². The smallest absolute Gasteiger partial charge is 0.226 e. The van der Waals surface area contributed by atoms with Gasteiger partial charge in [-0.1, -0.05) is 0 Å². The fourth-order valence-corrected chi connectivity index (χ4v) is 4.09. The highest BCUT2D eigenvalue weighted by molar-refractivity contribution is 5.79. The van der Waals surface area contributed by atoms with Crippen molar-refractivity contribution in [3.8, 4) is 0 Å². The summed E-state index contributed by atoms with van der Waals surface area (Å²) >= 11 is 0. The zero-order valence-corrected chi connectivity index (χ0v) is 12.6. The van der Waals surface area contributed by atoms with Crippen LogP contribution in [0.5, 0.6) is 0 Å². The summed E-state index contributed by atoms with van der Waals surface area (Å²) in [4.78, 5) is 17.4. The molecule has 114 valence electrons. The van der Waals surface area contributed by atoms with E-state index in [1.807, 2.05) is 0 Å². The van der Waals surface area contributed by atoms with E-state index in [1.54, 1.807) is 0 Å². The van der Waals surface area contributed by atoms with Crippen molar-refractivity contribution < 1.29 is 4.79 Å². The molecule has 1 amide bonds. The second-order valence-electron chi connectivity index (χ2n) is 6.70. The number of nitrogens with zero attached hydrogens (tertiary/aromatic N) is 2. The molecule has 0 aromatic heterocycles. The molecule has 3 saturated heterocycles. The molecule has 0 aromatic rings. The van der Waals surface area contributed by atoms with Crippen LogP contribution in [0, 0.1) is 5.92 Å². The van der Waals surface area contributed by atoms with Crippen molar-refractivity contribution in [3.05, 3.63) is 0 Å². The molecule has 0 bridgehead atoms. The molecule has 3 heterocycles. The van der Waals surface area contributed by atoms with Crippen molar-refractivity contribution in [1.29, 1.82) is 0 Å². The maximum Gasteiger partial charge on any atom is 0.226 e. The van der Waals surface area contributed by atoms with Crippen molar-refractivity contribution in [3.63, 3.8) is 0 Å². The highest BCUT2D eigenvalue weighted by Gasteiger charge is 2.29. The summed E-state index contributed by atoms with van der Waals surface area (Å²) in [6, 6.07) is 0.736. The number of hydrogen-bond donors (Lipinski definition) is 1. The Kier molecular flexibility index (Phi) is 4.94. The molecule has 20 heavy (non-hydrogen) atoms. The van der Waals surface area contributed by atoms with Crippen LogP contribution in [0.4, 0.5) is 0 Å². The minimum Gasteiger partial charge on any atom is -0.342 e. The van der Waals surface area contributed by atoms with E-state index in [4.69, 9.17) is 0 Å². The standard InChI is InChI=1S/C16H29N3O/c20-16(14-5-3-8-17-13-14)19-11-4-6-15(7-12-19)18-9-1-2-10-18/h14-15,17H,1-13H2. The van der Waals surface area contributed by atoms with E-state index < -0.39 is 0 Å². The lowest BCUT2D eigenvalue weighted by Gasteiger charge is -2.29. The van der Waals surface area contributed by atoms with Gasteiger partial charge in [-0.3, -0.25) is 4.79 Å². The van der Waals surface area contributed by atoms with Crippen LogP contribution in [0.25, 0.3) is 0 Å². The Morgan fingerprint density at radius 2 is 1.75 bits per heavy atom. The number of rotatable bonds is 2. The van der Waals surface area contributed by atoms with Gasteiger partial charge in [0.15, 0.2) is 0 Å². The third-order valence-electron chi connectivity index (χ3n) is 5.31. The van der Waals surface area contributed by atoms with Gasteiger partial charge in [-0.2, -0.15) is 0 Å². The van der Waals surface area contributed by atoms with Gasteiger partial charge in [0.05, 0.1) is 5.92 Å². The van der Waals surface area contributed by atoms with Gasteiger partial charge in [-0.15, -0.1) is 0 Å². The van der Waals surface area contributed by atoms with Crippen LogP contribution in [0.3, 0.4) is 0 Å². The zero-order valence-electron chi connectivity index (χ0n) is 12.6. The Labute approximate surface area is 122 Å². The first-order valence-electron chi connectivity index (χ1n) is 8.58. The van der Waals surface area contributed by atoms with Gasteiger partial charge >= 0.3 is 0 Å². The average molecular weight is 279 g/mol. The minimum absolute atomic E-state index is 0.243. The Morgan fingerprint density at radius 1 is 0.900 bits per heavy atom. The number of carbonyl (C=O) groups is 1. The summed E-state index contributed by atoms with van der Waals surface area (Å²) < 4.78 is 0. The fraction of sp³-hybridized carbons (Fsp3) is 0.938. The maximum absolute atomic E-state index is 12.6. The van der Waals surface area contributed by atoms with Crippen LogP contribution >= 0.6 is 0 Å². The molecule has 2 unspecified atom stereocenters. The Hall–Kier alpha value is -0.610. The van der Waals surface area contributed by atoms with Crippen molar-refractivity contribution in [1.82, 2.24) is 15.1 Å². The van der Waals surface area contributed by atoms with E-state index in [1.165, 1.54) is 45.2 Å². The van der Waals surface area contributed by atoms with E-state index >= 15 is 0 Å². The molecule has 0 radical (unpaired) electrons. The van der Waals surface area contributed by atoms with E-state index in [-0.39, 0.29) is 5.92 Å². The summed E-state index contributed by atoms with van der Waals surface area (Å²) in [5, 5.41) is 3.37. The van der Waals surface area contributed by atoms with Gasteiger partial charge in [0.1, 0.15) is 0 Å². The molecule has 2 atom stereocenters. The van der Waals surface area contributed by atoms with Gasteiger partial charge in [0, 0.05) is 25.7 Å². The van der Waals surface area contributed by atoms with Crippen molar-refractivity contribution in [2.24, 2.45) is 5.92 Å². The quantitative estimate of drug-likeness (QED) is 0.831. The van der Waals surface area contributed by atoms with Crippen molar-refractivity contribution in [2.75, 3.05) is 39.3 Å². The molecular weight excluding hydrogens is 250 g/mol. The Balaban J connectivity index is 1.52. The Bertz CT molecular complexity index is 322. The third-order valence-corrected chi connectivity index (χ3v) is 5.31. The lowest BCUT2D eigenvalue weighted by Crippen LogP contribution is -2.43. The molecule has 3 aliphatic rings. The van der Waals surface area contributed by atoms with Crippen LogP contribution in [0.15, 0.2) is 0 Å². The van der Waals surface area contributed by atoms with E-state index in [0.717, 1.165) is 45.1 Å². The number of hydrogen-bond acceptors (Lipinski definition) is 3. The Morgan fingerprint density at radius 3 is 2.50 bits per heavy atom. The van der Waals surface area contributed by atoms with Gasteiger partial charge in [0.2, 0.25) is 5.91 Å². The molecule has 3 aliphatic heterocycles. The predicted molar refractivity (Wildman–Crippen MR) is 80.6 cm³/mol. The largest absolute Gasteiger partial charge is 0.342 e. The van der Waals surface area contributed by atoms with E-state index in [0.29, 0.717) is 5.91 Å². The lowest BCUT2D eigenvalue weighted by atomic mass is 9.98. The SMILES string of the molecule is O=C(C1CCCNC1)N1CCCC(N2CCCC2)CC1. The zero-order chi connectivity index (χ0) is 13.8. The first-order chi connectivity index (χ1) is 9.84. The predicted octanol–water partition coefficient (Wildman–Crippen LogP) is 1.46. The summed E-state index contributed by atoms with van der Waals surface area (Å²) in [7, 11) is 0. The summed E-state index contributed by atoms with van der Waals surface area (Å²) in [5.74, 6) is 0.659. The highest BCUT2D eigenvalue weighted by atomic mass is 16.2. The number of likely N-dealkylation sites (tertiary alicyclic amines) is 2. The average Bonchev–Trinajstić information content (AvgIpc) is 2.92. The van der Waals surface area contributed by atoms with Crippen LogP contribution in [0.1, 0.15) is 44.9 Å². The first-order valence-corrected chi connectivity index (χ1v) is 8.58. The lowest BCUT2D eigenvalue weighted by molar-refractivity contribution is -0.136. The molecule has 4 nitrogen and oxygen atoms in total. The monoisotopic (exact) mass is 279 g/mol. The summed E-state index contributed by atoms with van der Waals surface area (Å²) in [6.45, 7) is 6.51. The molecule has 0 aliphatic carbocycles. The fourth-order valence-electron chi connectivity index (χ4n) is 4.09. The molecule has 0 saturated carbocycles. The van der Waals surface area contributed by atoms with Gasteiger partial charge in [-0.05, 0) is 64.6 Å². The first kappa shape index (κ1) is 14.3. The topological polar surface area (TPSA) is 35.6 Å². The van der Waals surface area contributed by atoms with Crippen LogP contribution in [-0.2, 0) is 4.79 Å². The summed E-state index contributed by atoms with van der Waals surface area (Å²) in [6.07, 6.45) is 8.63.